The Morgan fingerprint density at radius 2 is 1.94 bits per heavy atom. The van der Waals surface area contributed by atoms with E-state index in [1.54, 1.807) is 17.7 Å². The molecule has 0 aliphatic carbocycles. The molecule has 1 atom stereocenters. The Morgan fingerprint density at radius 1 is 1.22 bits per heavy atom. The Kier molecular flexibility index (Phi) is 3.48. The second-order valence-electron chi connectivity index (χ2n) is 4.72. The van der Waals surface area contributed by atoms with Crippen molar-refractivity contribution >= 4 is 0 Å². The Balaban J connectivity index is 2.49. The topological polar surface area (TPSA) is 38.0 Å². The van der Waals surface area contributed by atoms with Crippen molar-refractivity contribution in [1.82, 2.24) is 9.78 Å². The first-order chi connectivity index (χ1) is 8.49. The van der Waals surface area contributed by atoms with Gasteiger partial charge in [-0.05, 0) is 37.1 Å². The van der Waals surface area contributed by atoms with E-state index in [0.29, 0.717) is 17.2 Å². The lowest BCUT2D eigenvalue weighted by Gasteiger charge is -2.12. The van der Waals surface area contributed by atoms with E-state index in [0.717, 1.165) is 5.69 Å². The molecule has 0 radical (unpaired) electrons. The average molecular weight is 248 g/mol. The van der Waals surface area contributed by atoms with Crippen molar-refractivity contribution in [2.45, 2.75) is 32.8 Å². The van der Waals surface area contributed by atoms with Gasteiger partial charge in [-0.2, -0.15) is 5.10 Å². The molecule has 0 saturated carbocycles. The Labute approximate surface area is 106 Å². The molecule has 4 heteroatoms. The molecule has 18 heavy (non-hydrogen) atoms. The number of aliphatic hydroxyl groups is 1. The molecule has 1 N–H and O–H groups in total. The van der Waals surface area contributed by atoms with Gasteiger partial charge in [-0.25, -0.2) is 9.07 Å². The summed E-state index contributed by atoms with van der Waals surface area (Å²) in [6.07, 6.45) is 1.09. The fraction of sp³-hybridized carbons (Fsp3) is 0.357. The number of rotatable bonds is 3. The molecule has 96 valence electrons. The second-order valence-corrected chi connectivity index (χ2v) is 4.72. The van der Waals surface area contributed by atoms with Crippen molar-refractivity contribution in [3.63, 3.8) is 0 Å². The zero-order valence-corrected chi connectivity index (χ0v) is 10.8. The van der Waals surface area contributed by atoms with Crippen molar-refractivity contribution < 1.29 is 9.50 Å². The summed E-state index contributed by atoms with van der Waals surface area (Å²) in [5, 5.41) is 14.1. The van der Waals surface area contributed by atoms with E-state index >= 15 is 0 Å². The number of hydrogen-bond donors (Lipinski definition) is 1. The smallest absolute Gasteiger partial charge is 0.123 e. The van der Waals surface area contributed by atoms with Crippen LogP contribution in [0.15, 0.2) is 30.5 Å². The standard InChI is InChI=1S/C14H17FN2O/c1-9(2)13-6-7-17(16-13)14-5-4-11(15)8-12(14)10(3)18/h4-10,18H,1-3H3/t10-/m0/s1. The number of nitrogens with zero attached hydrogens (tertiary/aromatic N) is 2. The molecule has 0 bridgehead atoms. The second kappa shape index (κ2) is 4.90. The normalized spacial score (nSPS) is 13.0. The first-order valence-corrected chi connectivity index (χ1v) is 6.02. The van der Waals surface area contributed by atoms with Gasteiger partial charge in [-0.3, -0.25) is 0 Å². The SMILES string of the molecule is CC(C)c1ccn(-c2ccc(F)cc2[C@H](C)O)n1. The molecule has 0 unspecified atom stereocenters. The van der Waals surface area contributed by atoms with Crippen LogP contribution in [-0.4, -0.2) is 14.9 Å². The van der Waals surface area contributed by atoms with Crippen molar-refractivity contribution in [2.24, 2.45) is 0 Å². The number of aliphatic hydroxyl groups excluding tert-OH is 1. The van der Waals surface area contributed by atoms with Crippen molar-refractivity contribution in [1.29, 1.82) is 0 Å². The monoisotopic (exact) mass is 248 g/mol. The summed E-state index contributed by atoms with van der Waals surface area (Å²) in [5.41, 5.74) is 2.21. The molecule has 1 aromatic carbocycles. The minimum Gasteiger partial charge on any atom is -0.389 e. The van der Waals surface area contributed by atoms with E-state index in [9.17, 15) is 9.50 Å². The molecular weight excluding hydrogens is 231 g/mol. The summed E-state index contributed by atoms with van der Waals surface area (Å²) in [6, 6.07) is 6.28. The van der Waals surface area contributed by atoms with Crippen molar-refractivity contribution in [2.75, 3.05) is 0 Å². The summed E-state index contributed by atoms with van der Waals surface area (Å²) in [6.45, 7) is 5.74. The first kappa shape index (κ1) is 12.8. The summed E-state index contributed by atoms with van der Waals surface area (Å²) < 4.78 is 14.9. The van der Waals surface area contributed by atoms with Crippen LogP contribution in [0.5, 0.6) is 0 Å². The van der Waals surface area contributed by atoms with E-state index in [2.05, 4.69) is 18.9 Å². The maximum atomic E-state index is 13.2. The van der Waals surface area contributed by atoms with Crippen LogP contribution in [0.2, 0.25) is 0 Å². The zero-order chi connectivity index (χ0) is 13.3. The summed E-state index contributed by atoms with van der Waals surface area (Å²) >= 11 is 0. The predicted molar refractivity (Wildman–Crippen MR) is 68.2 cm³/mol. The number of aromatic nitrogens is 2. The van der Waals surface area contributed by atoms with Gasteiger partial charge >= 0.3 is 0 Å². The summed E-state index contributed by atoms with van der Waals surface area (Å²) in [7, 11) is 0. The van der Waals surface area contributed by atoms with Crippen molar-refractivity contribution in [3.05, 3.63) is 47.5 Å². The van der Waals surface area contributed by atoms with E-state index < -0.39 is 6.10 Å². The van der Waals surface area contributed by atoms with Crippen LogP contribution >= 0.6 is 0 Å². The van der Waals surface area contributed by atoms with Crippen LogP contribution in [0, 0.1) is 5.82 Å². The molecule has 1 heterocycles. The largest absolute Gasteiger partial charge is 0.389 e. The molecule has 2 aromatic rings. The van der Waals surface area contributed by atoms with Gasteiger partial charge in [0.2, 0.25) is 0 Å². The number of halogens is 1. The third-order valence-corrected chi connectivity index (χ3v) is 2.89. The van der Waals surface area contributed by atoms with Gasteiger partial charge in [0.05, 0.1) is 17.5 Å². The van der Waals surface area contributed by atoms with Crippen LogP contribution < -0.4 is 0 Å². The fourth-order valence-electron chi connectivity index (χ4n) is 1.85. The van der Waals surface area contributed by atoms with Crippen molar-refractivity contribution in [3.8, 4) is 5.69 Å². The van der Waals surface area contributed by atoms with Crippen LogP contribution in [0.4, 0.5) is 4.39 Å². The number of benzene rings is 1. The highest BCUT2D eigenvalue weighted by molar-refractivity contribution is 5.42. The maximum Gasteiger partial charge on any atom is 0.123 e. The lowest BCUT2D eigenvalue weighted by Crippen LogP contribution is -2.04. The van der Waals surface area contributed by atoms with Gasteiger partial charge in [0.15, 0.2) is 0 Å². The minimum absolute atomic E-state index is 0.335. The summed E-state index contributed by atoms with van der Waals surface area (Å²) in [5.74, 6) is -0.0208. The highest BCUT2D eigenvalue weighted by Gasteiger charge is 2.12. The molecular formula is C14H17FN2O. The molecule has 1 aromatic heterocycles. The predicted octanol–water partition coefficient (Wildman–Crippen LogP) is 3.19. The first-order valence-electron chi connectivity index (χ1n) is 6.02. The van der Waals surface area contributed by atoms with Gasteiger partial charge in [-0.15, -0.1) is 0 Å². The van der Waals surface area contributed by atoms with Gasteiger partial charge in [-0.1, -0.05) is 13.8 Å². The van der Waals surface area contributed by atoms with Gasteiger partial charge < -0.3 is 5.11 Å². The molecule has 0 aliphatic rings. The number of hydrogen-bond acceptors (Lipinski definition) is 2. The molecule has 0 saturated heterocycles. The van der Waals surface area contributed by atoms with Crippen LogP contribution in [-0.2, 0) is 0 Å². The Bertz CT molecular complexity index is 546. The third kappa shape index (κ3) is 2.43. The molecule has 0 amide bonds. The molecule has 0 spiro atoms. The maximum absolute atomic E-state index is 13.2. The molecule has 0 aliphatic heterocycles. The average Bonchev–Trinajstić information content (AvgIpc) is 2.78. The molecule has 2 rings (SSSR count). The van der Waals surface area contributed by atoms with Crippen LogP contribution in [0.25, 0.3) is 5.69 Å². The van der Waals surface area contributed by atoms with Gasteiger partial charge in [0.1, 0.15) is 5.82 Å². The highest BCUT2D eigenvalue weighted by Crippen LogP contribution is 2.23. The fourth-order valence-corrected chi connectivity index (χ4v) is 1.85. The van der Waals surface area contributed by atoms with Crippen LogP contribution in [0.3, 0.4) is 0 Å². The quantitative estimate of drug-likeness (QED) is 0.905. The van der Waals surface area contributed by atoms with Gasteiger partial charge in [0, 0.05) is 11.8 Å². The molecule has 0 fully saturated rings. The minimum atomic E-state index is -0.734. The summed E-state index contributed by atoms with van der Waals surface area (Å²) in [4.78, 5) is 0. The lowest BCUT2D eigenvalue weighted by molar-refractivity contribution is 0.198. The Morgan fingerprint density at radius 3 is 2.50 bits per heavy atom. The van der Waals surface area contributed by atoms with E-state index in [1.165, 1.54) is 12.1 Å². The van der Waals surface area contributed by atoms with Gasteiger partial charge in [0.25, 0.3) is 0 Å². The molecule has 3 nitrogen and oxygen atoms in total. The highest BCUT2D eigenvalue weighted by atomic mass is 19.1. The van der Waals surface area contributed by atoms with E-state index in [4.69, 9.17) is 0 Å². The van der Waals surface area contributed by atoms with E-state index in [1.807, 2.05) is 12.3 Å². The van der Waals surface area contributed by atoms with Crippen LogP contribution in [0.1, 0.15) is 44.1 Å². The zero-order valence-electron chi connectivity index (χ0n) is 10.8. The van der Waals surface area contributed by atoms with E-state index in [-0.39, 0.29) is 5.82 Å². The Hall–Kier alpha value is -1.68. The lowest BCUT2D eigenvalue weighted by atomic mass is 10.1. The third-order valence-electron chi connectivity index (χ3n) is 2.89.